The molecule has 0 aromatic heterocycles. The van der Waals surface area contributed by atoms with E-state index in [1.807, 2.05) is 25.1 Å². The van der Waals surface area contributed by atoms with Gasteiger partial charge >= 0.3 is 0 Å². The van der Waals surface area contributed by atoms with Crippen LogP contribution < -0.4 is 14.8 Å². The lowest BCUT2D eigenvalue weighted by molar-refractivity contribution is -0.118. The Hall–Kier alpha value is -3.43. The van der Waals surface area contributed by atoms with Gasteiger partial charge in [0.1, 0.15) is 5.82 Å². The maximum Gasteiger partial charge on any atom is 0.262 e. The Morgan fingerprint density at radius 2 is 1.79 bits per heavy atom. The number of halogens is 1. The Bertz CT molecular complexity index is 1310. The summed E-state index contributed by atoms with van der Waals surface area (Å²) >= 11 is 0. The number of fused-ring (bicyclic) bond motifs is 1. The second-order valence-corrected chi connectivity index (χ2v) is 9.96. The van der Waals surface area contributed by atoms with Gasteiger partial charge in [0.05, 0.1) is 12.0 Å². The molecule has 1 heterocycles. The second-order valence-electron chi connectivity index (χ2n) is 8.02. The number of benzene rings is 3. The molecule has 0 unspecified atom stereocenters. The first-order valence-electron chi connectivity index (χ1n) is 10.7. The van der Waals surface area contributed by atoms with Crippen molar-refractivity contribution in [2.75, 3.05) is 25.6 Å². The van der Waals surface area contributed by atoms with E-state index in [0.29, 0.717) is 30.2 Å². The van der Waals surface area contributed by atoms with Crippen molar-refractivity contribution in [2.24, 2.45) is 0 Å². The highest BCUT2D eigenvalue weighted by Gasteiger charge is 2.28. The van der Waals surface area contributed by atoms with Gasteiger partial charge in [0.2, 0.25) is 10.0 Å². The number of hydrogen-bond acceptors (Lipinski definition) is 5. The normalized spacial score (nSPS) is 13.7. The van der Waals surface area contributed by atoms with E-state index in [2.05, 4.69) is 5.32 Å². The molecule has 1 aliphatic heterocycles. The Kier molecular flexibility index (Phi) is 6.85. The maximum atomic E-state index is 13.2. The minimum absolute atomic E-state index is 0.0467. The summed E-state index contributed by atoms with van der Waals surface area (Å²) < 4.78 is 51.4. The molecule has 0 atom stereocenters. The van der Waals surface area contributed by atoms with Gasteiger partial charge in [-0.3, -0.25) is 4.79 Å². The van der Waals surface area contributed by atoms with Crippen molar-refractivity contribution < 1.29 is 27.1 Å². The number of nitrogens with one attached hydrogen (secondary N) is 1. The zero-order chi connectivity index (χ0) is 24.3. The fourth-order valence-electron chi connectivity index (χ4n) is 3.80. The van der Waals surface area contributed by atoms with Gasteiger partial charge in [-0.1, -0.05) is 12.1 Å². The molecule has 1 amide bonds. The Balaban J connectivity index is 1.43. The summed E-state index contributed by atoms with van der Waals surface area (Å²) in [7, 11) is -2.22. The Morgan fingerprint density at radius 3 is 2.53 bits per heavy atom. The minimum Gasteiger partial charge on any atom is -0.493 e. The summed E-state index contributed by atoms with van der Waals surface area (Å²) in [6, 6.07) is 15.7. The maximum absolute atomic E-state index is 13.2. The van der Waals surface area contributed by atoms with Crippen molar-refractivity contribution in [3.63, 3.8) is 0 Å². The van der Waals surface area contributed by atoms with E-state index in [-0.39, 0.29) is 24.0 Å². The standard InChI is InChI=1S/C25H25FN2O5S/c1-17-3-10-23(24(13-17)32-2)33-16-25(29)27-21-7-4-18-11-12-28(15-19(18)14-21)34(30,31)22-8-5-20(26)6-9-22/h3-10,13-14H,11-12,15-16H2,1-2H3,(H,27,29). The van der Waals surface area contributed by atoms with E-state index in [1.54, 1.807) is 18.2 Å². The van der Waals surface area contributed by atoms with Crippen LogP contribution in [0.4, 0.5) is 10.1 Å². The number of nitrogens with zero attached hydrogens (tertiary/aromatic N) is 1. The molecule has 3 aromatic carbocycles. The van der Waals surface area contributed by atoms with Crippen molar-refractivity contribution in [1.29, 1.82) is 0 Å². The van der Waals surface area contributed by atoms with Crippen LogP contribution >= 0.6 is 0 Å². The molecule has 0 fully saturated rings. The third kappa shape index (κ3) is 5.21. The molecule has 0 bridgehead atoms. The molecule has 178 valence electrons. The SMILES string of the molecule is COc1cc(C)ccc1OCC(=O)Nc1ccc2c(c1)CN(S(=O)(=O)c1ccc(F)cc1)CC2. The third-order valence-electron chi connectivity index (χ3n) is 5.60. The first-order valence-corrected chi connectivity index (χ1v) is 12.1. The molecule has 0 spiro atoms. The summed E-state index contributed by atoms with van der Waals surface area (Å²) in [6.45, 7) is 2.21. The average Bonchev–Trinajstić information content (AvgIpc) is 2.83. The number of carbonyl (C=O) groups is 1. The molecular formula is C25H25FN2O5S. The van der Waals surface area contributed by atoms with Crippen LogP contribution in [-0.2, 0) is 27.8 Å². The predicted molar refractivity (Wildman–Crippen MR) is 126 cm³/mol. The van der Waals surface area contributed by atoms with Gasteiger partial charge in [-0.05, 0) is 78.6 Å². The minimum atomic E-state index is -3.76. The number of aryl methyl sites for hydroxylation is 1. The van der Waals surface area contributed by atoms with E-state index in [9.17, 15) is 17.6 Å². The lowest BCUT2D eigenvalue weighted by atomic mass is 10.0. The van der Waals surface area contributed by atoms with Crippen LogP contribution in [0.5, 0.6) is 11.5 Å². The highest BCUT2D eigenvalue weighted by atomic mass is 32.2. The number of carbonyl (C=O) groups excluding carboxylic acids is 1. The predicted octanol–water partition coefficient (Wildman–Crippen LogP) is 3.91. The second kappa shape index (κ2) is 9.82. The first-order chi connectivity index (χ1) is 16.3. The fraction of sp³-hybridized carbons (Fsp3) is 0.240. The third-order valence-corrected chi connectivity index (χ3v) is 7.46. The van der Waals surface area contributed by atoms with Crippen molar-refractivity contribution in [3.05, 3.63) is 83.2 Å². The molecular weight excluding hydrogens is 459 g/mol. The molecule has 0 aliphatic carbocycles. The molecule has 4 rings (SSSR count). The zero-order valence-corrected chi connectivity index (χ0v) is 19.7. The smallest absolute Gasteiger partial charge is 0.262 e. The van der Waals surface area contributed by atoms with Gasteiger partial charge in [0.25, 0.3) is 5.91 Å². The van der Waals surface area contributed by atoms with Crippen molar-refractivity contribution in [2.45, 2.75) is 24.8 Å². The quantitative estimate of drug-likeness (QED) is 0.550. The number of ether oxygens (including phenoxy) is 2. The Labute approximate surface area is 198 Å². The Morgan fingerprint density at radius 1 is 1.03 bits per heavy atom. The highest BCUT2D eigenvalue weighted by molar-refractivity contribution is 7.89. The van der Waals surface area contributed by atoms with Gasteiger partial charge in [-0.25, -0.2) is 12.8 Å². The van der Waals surface area contributed by atoms with Crippen LogP contribution in [0.1, 0.15) is 16.7 Å². The van der Waals surface area contributed by atoms with Crippen LogP contribution in [0.15, 0.2) is 65.6 Å². The molecule has 0 radical (unpaired) electrons. The molecule has 3 aromatic rings. The summed E-state index contributed by atoms with van der Waals surface area (Å²) in [5.41, 5.74) is 3.38. The monoisotopic (exact) mass is 484 g/mol. The van der Waals surface area contributed by atoms with E-state index >= 15 is 0 Å². The van der Waals surface area contributed by atoms with E-state index < -0.39 is 15.8 Å². The molecule has 0 saturated carbocycles. The van der Waals surface area contributed by atoms with Crippen LogP contribution in [-0.4, -0.2) is 38.9 Å². The molecule has 1 aliphatic rings. The molecule has 34 heavy (non-hydrogen) atoms. The number of methoxy groups -OCH3 is 1. The molecule has 9 heteroatoms. The van der Waals surface area contributed by atoms with Gasteiger partial charge in [-0.2, -0.15) is 4.31 Å². The van der Waals surface area contributed by atoms with Crippen molar-refractivity contribution in [3.8, 4) is 11.5 Å². The average molecular weight is 485 g/mol. The van der Waals surface area contributed by atoms with Crippen LogP contribution in [0.25, 0.3) is 0 Å². The number of rotatable bonds is 7. The molecule has 7 nitrogen and oxygen atoms in total. The number of hydrogen-bond donors (Lipinski definition) is 1. The van der Waals surface area contributed by atoms with Crippen LogP contribution in [0.3, 0.4) is 0 Å². The van der Waals surface area contributed by atoms with Gasteiger partial charge < -0.3 is 14.8 Å². The van der Waals surface area contributed by atoms with Crippen molar-refractivity contribution >= 4 is 21.6 Å². The zero-order valence-electron chi connectivity index (χ0n) is 18.9. The van der Waals surface area contributed by atoms with Crippen LogP contribution in [0, 0.1) is 12.7 Å². The van der Waals surface area contributed by atoms with Crippen molar-refractivity contribution in [1.82, 2.24) is 4.31 Å². The van der Waals surface area contributed by atoms with Gasteiger partial charge in [0, 0.05) is 18.8 Å². The van der Waals surface area contributed by atoms with E-state index in [0.717, 1.165) is 28.8 Å². The number of amides is 1. The van der Waals surface area contributed by atoms with Gasteiger partial charge in [0.15, 0.2) is 18.1 Å². The van der Waals surface area contributed by atoms with Crippen LogP contribution in [0.2, 0.25) is 0 Å². The fourth-order valence-corrected chi connectivity index (χ4v) is 5.22. The molecule has 1 N–H and O–H groups in total. The lowest BCUT2D eigenvalue weighted by Gasteiger charge is -2.28. The van der Waals surface area contributed by atoms with E-state index in [4.69, 9.17) is 9.47 Å². The first kappa shape index (κ1) is 23.7. The summed E-state index contributed by atoms with van der Waals surface area (Å²) in [5, 5.41) is 2.79. The lowest BCUT2D eigenvalue weighted by Crippen LogP contribution is -2.36. The summed E-state index contributed by atoms with van der Waals surface area (Å²) in [6.07, 6.45) is 0.542. The van der Waals surface area contributed by atoms with E-state index in [1.165, 1.54) is 23.5 Å². The number of sulfonamides is 1. The topological polar surface area (TPSA) is 84.9 Å². The van der Waals surface area contributed by atoms with Gasteiger partial charge in [-0.15, -0.1) is 0 Å². The summed E-state index contributed by atoms with van der Waals surface area (Å²) in [4.78, 5) is 12.5. The largest absolute Gasteiger partial charge is 0.493 e. The summed E-state index contributed by atoms with van der Waals surface area (Å²) in [5.74, 6) is 0.168. The number of anilines is 1. The molecule has 0 saturated heterocycles. The highest BCUT2D eigenvalue weighted by Crippen LogP contribution is 2.29.